The Morgan fingerprint density at radius 2 is 2.29 bits per heavy atom. The average molecular weight is 252 g/mol. The Balaban J connectivity index is 1.90. The summed E-state index contributed by atoms with van der Waals surface area (Å²) in [5.41, 5.74) is 7.30. The fourth-order valence-electron chi connectivity index (χ4n) is 1.50. The maximum atomic E-state index is 5.91. The van der Waals surface area contributed by atoms with Gasteiger partial charge < -0.3 is 10.5 Å². The number of nitrogen functional groups attached to an aromatic ring is 1. The third kappa shape index (κ3) is 2.91. The van der Waals surface area contributed by atoms with Crippen LogP contribution in [0, 0.1) is 6.92 Å². The smallest absolute Gasteiger partial charge is 0.121 e. The summed E-state index contributed by atoms with van der Waals surface area (Å²) in [7, 11) is 0. The zero-order valence-electron chi connectivity index (χ0n) is 9.56. The summed E-state index contributed by atoms with van der Waals surface area (Å²) in [6.45, 7) is 3.12. The van der Waals surface area contributed by atoms with E-state index in [1.54, 1.807) is 12.3 Å². The van der Waals surface area contributed by atoms with Gasteiger partial charge in [0.25, 0.3) is 0 Å². The molecule has 0 spiro atoms. The topological polar surface area (TPSA) is 53.1 Å². The number of anilines is 1. The van der Waals surface area contributed by atoms with E-state index in [0.717, 1.165) is 11.4 Å². The Labute approximate surface area is 105 Å². The lowest BCUT2D eigenvalue weighted by Crippen LogP contribution is -2.10. The third-order valence-corrected chi connectivity index (χ3v) is 2.84. The van der Waals surface area contributed by atoms with Gasteiger partial charge in [0, 0.05) is 11.8 Å². The van der Waals surface area contributed by atoms with E-state index in [9.17, 15) is 0 Å². The summed E-state index contributed by atoms with van der Waals surface area (Å²) in [5, 5.41) is 4.82. The minimum absolute atomic E-state index is 0.530. The molecule has 2 aromatic rings. The Bertz CT molecular complexity index is 510. The van der Waals surface area contributed by atoms with Gasteiger partial charge in [-0.3, -0.25) is 4.68 Å². The molecule has 0 saturated heterocycles. The monoisotopic (exact) mass is 251 g/mol. The molecule has 17 heavy (non-hydrogen) atoms. The first-order valence-corrected chi connectivity index (χ1v) is 5.71. The highest BCUT2D eigenvalue weighted by atomic mass is 35.5. The van der Waals surface area contributed by atoms with E-state index in [1.165, 1.54) is 0 Å². The molecule has 0 atom stereocenters. The number of rotatable bonds is 4. The van der Waals surface area contributed by atoms with Crippen molar-refractivity contribution < 1.29 is 4.74 Å². The minimum Gasteiger partial charge on any atom is -0.492 e. The van der Waals surface area contributed by atoms with Crippen LogP contribution in [0.4, 0.5) is 5.69 Å². The summed E-state index contributed by atoms with van der Waals surface area (Å²) in [4.78, 5) is 0. The predicted octanol–water partition coefficient (Wildman–Crippen LogP) is 2.51. The molecule has 0 radical (unpaired) electrons. The molecular formula is C12H14ClN3O. The van der Waals surface area contributed by atoms with Crippen LogP contribution in [0.3, 0.4) is 0 Å². The van der Waals surface area contributed by atoms with Crippen LogP contribution in [0.2, 0.25) is 5.02 Å². The van der Waals surface area contributed by atoms with Crippen LogP contribution in [0.15, 0.2) is 30.5 Å². The maximum absolute atomic E-state index is 5.91. The molecule has 0 unspecified atom stereocenters. The Morgan fingerprint density at radius 1 is 1.47 bits per heavy atom. The van der Waals surface area contributed by atoms with E-state index in [4.69, 9.17) is 22.1 Å². The second-order valence-corrected chi connectivity index (χ2v) is 4.13. The highest BCUT2D eigenvalue weighted by Crippen LogP contribution is 2.15. The molecule has 0 aliphatic rings. The molecule has 1 heterocycles. The van der Waals surface area contributed by atoms with Gasteiger partial charge in [0.1, 0.15) is 12.4 Å². The molecular weight excluding hydrogens is 238 g/mol. The third-order valence-electron chi connectivity index (χ3n) is 2.47. The molecule has 2 rings (SSSR count). The zero-order chi connectivity index (χ0) is 12.3. The van der Waals surface area contributed by atoms with Crippen molar-refractivity contribution in [2.24, 2.45) is 0 Å². The van der Waals surface area contributed by atoms with E-state index in [1.807, 2.05) is 29.8 Å². The van der Waals surface area contributed by atoms with Crippen molar-refractivity contribution in [3.63, 3.8) is 0 Å². The number of halogens is 1. The quantitative estimate of drug-likeness (QED) is 0.850. The number of nitrogens with two attached hydrogens (primary N) is 1. The minimum atomic E-state index is 0.530. The van der Waals surface area contributed by atoms with Gasteiger partial charge in [0.15, 0.2) is 0 Å². The number of ether oxygens (including phenoxy) is 1. The number of aromatic nitrogens is 2. The first-order valence-electron chi connectivity index (χ1n) is 5.33. The highest BCUT2D eigenvalue weighted by Gasteiger charge is 2.03. The van der Waals surface area contributed by atoms with Crippen molar-refractivity contribution in [1.82, 2.24) is 9.78 Å². The molecule has 5 heteroatoms. The molecule has 1 aromatic heterocycles. The van der Waals surface area contributed by atoms with Gasteiger partial charge in [-0.25, -0.2) is 0 Å². The summed E-state index contributed by atoms with van der Waals surface area (Å²) in [5.74, 6) is 0.765. The van der Waals surface area contributed by atoms with E-state index in [2.05, 4.69) is 5.10 Å². The standard InChI is InChI=1S/C12H14ClN3O/c1-9-12(13)8-15-16(9)5-6-17-11-4-2-3-10(14)7-11/h2-4,7-8H,5-6,14H2,1H3. The van der Waals surface area contributed by atoms with Crippen LogP contribution in [0.1, 0.15) is 5.69 Å². The molecule has 0 aliphatic heterocycles. The lowest BCUT2D eigenvalue weighted by Gasteiger charge is -2.08. The van der Waals surface area contributed by atoms with Gasteiger partial charge in [-0.05, 0) is 19.1 Å². The van der Waals surface area contributed by atoms with Crippen LogP contribution < -0.4 is 10.5 Å². The van der Waals surface area contributed by atoms with Gasteiger partial charge in [-0.2, -0.15) is 5.10 Å². The number of benzene rings is 1. The molecule has 0 saturated carbocycles. The SMILES string of the molecule is Cc1c(Cl)cnn1CCOc1cccc(N)c1. The summed E-state index contributed by atoms with van der Waals surface area (Å²) < 4.78 is 7.39. The molecule has 1 aromatic carbocycles. The van der Waals surface area contributed by atoms with E-state index in [-0.39, 0.29) is 0 Å². The lowest BCUT2D eigenvalue weighted by molar-refractivity contribution is 0.290. The Kier molecular flexibility index (Phi) is 3.54. The molecule has 0 fully saturated rings. The molecule has 0 amide bonds. The van der Waals surface area contributed by atoms with Crippen molar-refractivity contribution in [3.8, 4) is 5.75 Å². The van der Waals surface area contributed by atoms with Crippen LogP contribution in [-0.2, 0) is 6.54 Å². The fourth-order valence-corrected chi connectivity index (χ4v) is 1.64. The molecule has 90 valence electrons. The predicted molar refractivity (Wildman–Crippen MR) is 68.3 cm³/mol. The van der Waals surface area contributed by atoms with Gasteiger partial charge in [0.2, 0.25) is 0 Å². The van der Waals surface area contributed by atoms with Gasteiger partial charge in [0.05, 0.1) is 23.5 Å². The molecule has 0 aliphatic carbocycles. The van der Waals surface area contributed by atoms with Crippen LogP contribution >= 0.6 is 11.6 Å². The first-order chi connectivity index (χ1) is 8.16. The van der Waals surface area contributed by atoms with Crippen molar-refractivity contribution in [2.75, 3.05) is 12.3 Å². The number of hydrogen-bond acceptors (Lipinski definition) is 3. The largest absolute Gasteiger partial charge is 0.492 e. The summed E-state index contributed by atoms with van der Waals surface area (Å²) in [6.07, 6.45) is 1.64. The van der Waals surface area contributed by atoms with Crippen molar-refractivity contribution >= 4 is 17.3 Å². The summed E-state index contributed by atoms with van der Waals surface area (Å²) >= 11 is 5.91. The van der Waals surface area contributed by atoms with E-state index in [0.29, 0.717) is 23.9 Å². The normalized spacial score (nSPS) is 10.5. The van der Waals surface area contributed by atoms with E-state index >= 15 is 0 Å². The van der Waals surface area contributed by atoms with Gasteiger partial charge in [-0.1, -0.05) is 17.7 Å². The van der Waals surface area contributed by atoms with Crippen molar-refractivity contribution in [2.45, 2.75) is 13.5 Å². The van der Waals surface area contributed by atoms with Crippen molar-refractivity contribution in [3.05, 3.63) is 41.2 Å². The second kappa shape index (κ2) is 5.10. The maximum Gasteiger partial charge on any atom is 0.121 e. The number of nitrogens with zero attached hydrogens (tertiary/aromatic N) is 2. The van der Waals surface area contributed by atoms with Gasteiger partial charge >= 0.3 is 0 Å². The molecule has 2 N–H and O–H groups in total. The van der Waals surface area contributed by atoms with E-state index < -0.39 is 0 Å². The summed E-state index contributed by atoms with van der Waals surface area (Å²) in [6, 6.07) is 7.35. The Hall–Kier alpha value is -1.68. The average Bonchev–Trinajstić information content (AvgIpc) is 2.61. The second-order valence-electron chi connectivity index (χ2n) is 3.72. The van der Waals surface area contributed by atoms with Crippen LogP contribution in [0.25, 0.3) is 0 Å². The van der Waals surface area contributed by atoms with Crippen molar-refractivity contribution in [1.29, 1.82) is 0 Å². The molecule has 4 nitrogen and oxygen atoms in total. The number of hydrogen-bond donors (Lipinski definition) is 1. The van der Waals surface area contributed by atoms with Crippen LogP contribution in [-0.4, -0.2) is 16.4 Å². The molecule has 0 bridgehead atoms. The Morgan fingerprint density at radius 3 is 2.94 bits per heavy atom. The van der Waals surface area contributed by atoms with Crippen LogP contribution in [0.5, 0.6) is 5.75 Å². The lowest BCUT2D eigenvalue weighted by atomic mass is 10.3. The fraction of sp³-hybridized carbons (Fsp3) is 0.250. The highest BCUT2D eigenvalue weighted by molar-refractivity contribution is 6.31. The van der Waals surface area contributed by atoms with Gasteiger partial charge in [-0.15, -0.1) is 0 Å². The first kappa shape index (κ1) is 11.8. The zero-order valence-corrected chi connectivity index (χ0v) is 10.3.